The lowest BCUT2D eigenvalue weighted by Crippen LogP contribution is -2.60. The van der Waals surface area contributed by atoms with Crippen LogP contribution in [-0.4, -0.2) is 62.6 Å². The Balaban J connectivity index is 2.20. The Kier molecular flexibility index (Phi) is 4.70. The van der Waals surface area contributed by atoms with Crippen LogP contribution in [0.3, 0.4) is 0 Å². The Labute approximate surface area is 119 Å². The Morgan fingerprint density at radius 2 is 1.86 bits per heavy atom. The smallest absolute Gasteiger partial charge is 0.292 e. The number of aliphatic hydroxyl groups is 4. The number of rotatable bonds is 4. The van der Waals surface area contributed by atoms with E-state index in [4.69, 9.17) is 9.84 Å². The predicted molar refractivity (Wildman–Crippen MR) is 70.5 cm³/mol. The number of nitro groups is 1. The maximum absolute atomic E-state index is 10.9. The molecule has 21 heavy (non-hydrogen) atoms. The van der Waals surface area contributed by atoms with Gasteiger partial charge in [-0.05, 0) is 6.07 Å². The van der Waals surface area contributed by atoms with Crippen LogP contribution >= 0.6 is 0 Å². The summed E-state index contributed by atoms with van der Waals surface area (Å²) in [5.41, 5.74) is -0.138. The minimum absolute atomic E-state index is 0.0897. The molecular weight excluding hydrogens is 284 g/mol. The summed E-state index contributed by atoms with van der Waals surface area (Å²) in [4.78, 5) is 10.3. The lowest BCUT2D eigenvalue weighted by molar-refractivity contribution is -0.384. The minimum atomic E-state index is -1.55. The molecule has 0 saturated carbocycles. The van der Waals surface area contributed by atoms with Crippen molar-refractivity contribution in [3.63, 3.8) is 0 Å². The van der Waals surface area contributed by atoms with Gasteiger partial charge in [-0.25, -0.2) is 0 Å². The summed E-state index contributed by atoms with van der Waals surface area (Å²) in [6.45, 7) is -0.569. The molecule has 1 fully saturated rings. The molecule has 9 nitrogen and oxygen atoms in total. The molecule has 1 saturated heterocycles. The van der Waals surface area contributed by atoms with Crippen molar-refractivity contribution in [1.29, 1.82) is 0 Å². The van der Waals surface area contributed by atoms with Gasteiger partial charge in [0.15, 0.2) is 6.23 Å². The number of anilines is 1. The van der Waals surface area contributed by atoms with Crippen molar-refractivity contribution >= 4 is 11.4 Å². The number of benzene rings is 1. The van der Waals surface area contributed by atoms with Gasteiger partial charge in [-0.1, -0.05) is 12.1 Å². The van der Waals surface area contributed by atoms with Crippen LogP contribution in [0.25, 0.3) is 0 Å². The highest BCUT2D eigenvalue weighted by atomic mass is 16.6. The van der Waals surface area contributed by atoms with Gasteiger partial charge in [0.1, 0.15) is 30.1 Å². The number of aliphatic hydroxyl groups excluding tert-OH is 4. The van der Waals surface area contributed by atoms with E-state index in [1.165, 1.54) is 18.2 Å². The third-order valence-electron chi connectivity index (χ3n) is 3.29. The Hall–Kier alpha value is -1.78. The van der Waals surface area contributed by atoms with E-state index in [0.29, 0.717) is 0 Å². The van der Waals surface area contributed by atoms with E-state index in [1.807, 2.05) is 0 Å². The Morgan fingerprint density at radius 1 is 1.19 bits per heavy atom. The molecule has 9 heteroatoms. The minimum Gasteiger partial charge on any atom is -0.394 e. The number of hydrogen-bond donors (Lipinski definition) is 5. The maximum atomic E-state index is 10.9. The lowest BCUT2D eigenvalue weighted by atomic mass is 9.98. The maximum Gasteiger partial charge on any atom is 0.292 e. The normalized spacial score (nSPS) is 32.7. The van der Waals surface area contributed by atoms with Crippen molar-refractivity contribution in [3.8, 4) is 0 Å². The van der Waals surface area contributed by atoms with Crippen molar-refractivity contribution in [2.75, 3.05) is 11.9 Å². The van der Waals surface area contributed by atoms with E-state index >= 15 is 0 Å². The fourth-order valence-corrected chi connectivity index (χ4v) is 2.13. The summed E-state index contributed by atoms with van der Waals surface area (Å²) in [7, 11) is 0. The first-order valence-electron chi connectivity index (χ1n) is 6.26. The summed E-state index contributed by atoms with van der Waals surface area (Å²) in [6, 6.07) is 5.72. The number of ether oxygens (including phenoxy) is 1. The number of nitrogens with one attached hydrogen (secondary N) is 1. The zero-order chi connectivity index (χ0) is 15.6. The molecule has 0 aromatic heterocycles. The Morgan fingerprint density at radius 3 is 2.48 bits per heavy atom. The van der Waals surface area contributed by atoms with Gasteiger partial charge in [-0.3, -0.25) is 10.1 Å². The number of nitrogens with zero attached hydrogens (tertiary/aromatic N) is 1. The van der Waals surface area contributed by atoms with E-state index in [9.17, 15) is 25.4 Å². The van der Waals surface area contributed by atoms with Gasteiger partial charge in [0.05, 0.1) is 11.5 Å². The highest BCUT2D eigenvalue weighted by Gasteiger charge is 2.43. The molecule has 0 spiro atoms. The third-order valence-corrected chi connectivity index (χ3v) is 3.29. The molecular formula is C12H16N2O7. The second kappa shape index (κ2) is 6.33. The van der Waals surface area contributed by atoms with E-state index in [0.717, 1.165) is 0 Å². The molecule has 116 valence electrons. The van der Waals surface area contributed by atoms with Crippen LogP contribution < -0.4 is 5.32 Å². The largest absolute Gasteiger partial charge is 0.394 e. The molecule has 5 N–H and O–H groups in total. The van der Waals surface area contributed by atoms with Gasteiger partial charge in [-0.2, -0.15) is 0 Å². The fourth-order valence-electron chi connectivity index (χ4n) is 2.13. The molecule has 0 aliphatic carbocycles. The van der Waals surface area contributed by atoms with Crippen molar-refractivity contribution in [2.24, 2.45) is 0 Å². The number of nitro benzene ring substituents is 1. The first kappa shape index (κ1) is 15.6. The number of para-hydroxylation sites is 2. The van der Waals surface area contributed by atoms with E-state index < -0.39 is 42.2 Å². The summed E-state index contributed by atoms with van der Waals surface area (Å²) < 4.78 is 5.23. The van der Waals surface area contributed by atoms with Crippen LogP contribution in [0.1, 0.15) is 0 Å². The van der Waals surface area contributed by atoms with Gasteiger partial charge in [0.2, 0.25) is 0 Å². The first-order valence-corrected chi connectivity index (χ1v) is 6.26. The van der Waals surface area contributed by atoms with Gasteiger partial charge in [0.25, 0.3) is 5.69 Å². The predicted octanol–water partition coefficient (Wildman–Crippen LogP) is -1.19. The average Bonchev–Trinajstić information content (AvgIpc) is 2.48. The van der Waals surface area contributed by atoms with Gasteiger partial charge in [-0.15, -0.1) is 0 Å². The van der Waals surface area contributed by atoms with E-state index in [-0.39, 0.29) is 11.4 Å². The average molecular weight is 300 g/mol. The summed E-state index contributed by atoms with van der Waals surface area (Å²) in [5.74, 6) is 0. The topological polar surface area (TPSA) is 145 Å². The number of hydrogen-bond acceptors (Lipinski definition) is 8. The van der Waals surface area contributed by atoms with Gasteiger partial charge >= 0.3 is 0 Å². The van der Waals surface area contributed by atoms with Gasteiger partial charge < -0.3 is 30.5 Å². The lowest BCUT2D eigenvalue weighted by Gasteiger charge is -2.40. The third kappa shape index (κ3) is 3.12. The molecule has 1 aliphatic rings. The van der Waals surface area contributed by atoms with Crippen LogP contribution in [0.5, 0.6) is 0 Å². The SMILES string of the molecule is O=[N+]([O-])c1ccccc1N[C@@H]1O[C@H](CO)[C@@H](O)[C@@H](O)[C@H]1O. The van der Waals surface area contributed by atoms with Crippen LogP contribution in [0.15, 0.2) is 24.3 Å². The molecule has 2 rings (SSSR count). The monoisotopic (exact) mass is 300 g/mol. The second-order valence-electron chi connectivity index (χ2n) is 4.67. The highest BCUT2D eigenvalue weighted by molar-refractivity contribution is 5.61. The van der Waals surface area contributed by atoms with Crippen molar-refractivity contribution in [3.05, 3.63) is 34.4 Å². The molecule has 0 bridgehead atoms. The molecule has 1 heterocycles. The van der Waals surface area contributed by atoms with Gasteiger partial charge in [0, 0.05) is 6.07 Å². The highest BCUT2D eigenvalue weighted by Crippen LogP contribution is 2.28. The van der Waals surface area contributed by atoms with E-state index in [2.05, 4.69) is 5.32 Å². The molecule has 1 aromatic carbocycles. The zero-order valence-corrected chi connectivity index (χ0v) is 10.9. The second-order valence-corrected chi connectivity index (χ2v) is 4.67. The summed E-state index contributed by atoms with van der Waals surface area (Å²) in [5, 5.41) is 51.8. The zero-order valence-electron chi connectivity index (χ0n) is 10.9. The molecule has 0 radical (unpaired) electrons. The quantitative estimate of drug-likeness (QED) is 0.344. The molecule has 1 aliphatic heterocycles. The molecule has 0 unspecified atom stereocenters. The van der Waals surface area contributed by atoms with Crippen LogP contribution in [0.2, 0.25) is 0 Å². The molecule has 5 atom stereocenters. The van der Waals surface area contributed by atoms with Crippen LogP contribution in [0, 0.1) is 10.1 Å². The van der Waals surface area contributed by atoms with E-state index in [1.54, 1.807) is 6.07 Å². The van der Waals surface area contributed by atoms with Crippen LogP contribution in [-0.2, 0) is 4.74 Å². The van der Waals surface area contributed by atoms with Crippen molar-refractivity contribution in [2.45, 2.75) is 30.6 Å². The standard InChI is InChI=1S/C12H16N2O7/c15-5-8-9(16)10(17)11(18)12(21-8)13-6-3-1-2-4-7(6)14(19)20/h1-4,8-13,15-18H,5H2/t8-,9-,10-,11-,12-/m1/s1. The van der Waals surface area contributed by atoms with Crippen molar-refractivity contribution in [1.82, 2.24) is 0 Å². The fraction of sp³-hybridized carbons (Fsp3) is 0.500. The van der Waals surface area contributed by atoms with Crippen LogP contribution in [0.4, 0.5) is 11.4 Å². The van der Waals surface area contributed by atoms with Crippen molar-refractivity contribution < 1.29 is 30.1 Å². The molecule has 0 amide bonds. The summed E-state index contributed by atoms with van der Waals surface area (Å²) >= 11 is 0. The molecule has 1 aromatic rings. The first-order chi connectivity index (χ1) is 9.95. The summed E-state index contributed by atoms with van der Waals surface area (Å²) in [6.07, 6.45) is -6.82. The Bertz CT molecular complexity index is 510.